The topological polar surface area (TPSA) is 55.8 Å². The summed E-state index contributed by atoms with van der Waals surface area (Å²) in [6.07, 6.45) is 1.68. The fraction of sp³-hybridized carbons (Fsp3) is 0.103. The van der Waals surface area contributed by atoms with E-state index in [0.717, 1.165) is 33.7 Å². The van der Waals surface area contributed by atoms with Gasteiger partial charge in [-0.25, -0.2) is 0 Å². The van der Waals surface area contributed by atoms with Crippen LogP contribution in [-0.4, -0.2) is 23.2 Å². The molecule has 1 fully saturated rings. The van der Waals surface area contributed by atoms with Crippen molar-refractivity contribution in [3.05, 3.63) is 112 Å². The van der Waals surface area contributed by atoms with Crippen LogP contribution in [0.15, 0.2) is 89.8 Å². The van der Waals surface area contributed by atoms with Gasteiger partial charge in [0, 0.05) is 10.6 Å². The number of halogens is 1. The Morgan fingerprint density at radius 3 is 2.56 bits per heavy atom. The summed E-state index contributed by atoms with van der Waals surface area (Å²) in [7, 11) is 1.57. The van der Waals surface area contributed by atoms with Crippen LogP contribution in [0.25, 0.3) is 16.8 Å². The number of carbonyl (C=O) groups excluding carboxylic acids is 2. The zero-order valence-corrected chi connectivity index (χ0v) is 21.0. The van der Waals surface area contributed by atoms with Gasteiger partial charge in [-0.1, -0.05) is 78.3 Å². The van der Waals surface area contributed by atoms with Crippen LogP contribution in [-0.2, 0) is 17.9 Å². The zero-order chi connectivity index (χ0) is 25.1. The predicted molar refractivity (Wildman–Crippen MR) is 144 cm³/mol. The molecule has 1 heterocycles. The van der Waals surface area contributed by atoms with Crippen LogP contribution in [0.5, 0.6) is 11.5 Å². The molecule has 0 bridgehead atoms. The molecule has 5 rings (SSSR count). The van der Waals surface area contributed by atoms with Crippen molar-refractivity contribution in [3.63, 3.8) is 0 Å². The van der Waals surface area contributed by atoms with Crippen molar-refractivity contribution in [2.75, 3.05) is 7.11 Å². The van der Waals surface area contributed by atoms with Crippen LogP contribution in [0.2, 0.25) is 5.02 Å². The molecule has 0 aliphatic carbocycles. The summed E-state index contributed by atoms with van der Waals surface area (Å²) in [6.45, 7) is 0.476. The summed E-state index contributed by atoms with van der Waals surface area (Å²) < 4.78 is 11.8. The molecule has 0 N–H and O–H groups in total. The van der Waals surface area contributed by atoms with E-state index >= 15 is 0 Å². The Balaban J connectivity index is 1.42. The number of fused-ring (bicyclic) bond motifs is 1. The zero-order valence-electron chi connectivity index (χ0n) is 19.4. The second-order valence-corrected chi connectivity index (χ2v) is 9.63. The van der Waals surface area contributed by atoms with E-state index in [1.54, 1.807) is 37.5 Å². The Morgan fingerprint density at radius 2 is 1.72 bits per heavy atom. The van der Waals surface area contributed by atoms with Crippen LogP contribution in [0.3, 0.4) is 0 Å². The van der Waals surface area contributed by atoms with Crippen molar-refractivity contribution in [1.82, 2.24) is 4.90 Å². The number of hydrogen-bond acceptors (Lipinski definition) is 5. The molecule has 7 heteroatoms. The molecule has 0 aromatic heterocycles. The van der Waals surface area contributed by atoms with Gasteiger partial charge < -0.3 is 9.47 Å². The molecule has 0 spiro atoms. The number of nitrogens with zero attached hydrogens (tertiary/aromatic N) is 1. The van der Waals surface area contributed by atoms with E-state index in [2.05, 4.69) is 18.2 Å². The molecule has 1 saturated heterocycles. The summed E-state index contributed by atoms with van der Waals surface area (Å²) in [5, 5.41) is 2.47. The SMILES string of the molecule is COc1cccc(/C=C2\SC(=O)N(Cc3cccc(Cl)c3)C2=O)c1OCc1cccc2ccccc12. The van der Waals surface area contributed by atoms with Gasteiger partial charge in [0.2, 0.25) is 0 Å². The lowest BCUT2D eigenvalue weighted by Gasteiger charge is -2.15. The number of rotatable bonds is 7. The smallest absolute Gasteiger partial charge is 0.293 e. The average Bonchev–Trinajstić information content (AvgIpc) is 3.15. The quantitative estimate of drug-likeness (QED) is 0.241. The van der Waals surface area contributed by atoms with Gasteiger partial charge in [0.25, 0.3) is 11.1 Å². The minimum atomic E-state index is -0.354. The third kappa shape index (κ3) is 4.96. The molecule has 4 aromatic carbocycles. The molecule has 0 saturated carbocycles. The van der Waals surface area contributed by atoms with Crippen LogP contribution in [0.1, 0.15) is 16.7 Å². The Hall–Kier alpha value is -3.74. The Kier molecular flexibility index (Phi) is 6.98. The Labute approximate surface area is 218 Å². The van der Waals surface area contributed by atoms with E-state index in [1.807, 2.05) is 42.5 Å². The average molecular weight is 516 g/mol. The molecule has 36 heavy (non-hydrogen) atoms. The monoisotopic (exact) mass is 515 g/mol. The van der Waals surface area contributed by atoms with Gasteiger partial charge in [0.15, 0.2) is 11.5 Å². The third-order valence-electron chi connectivity index (χ3n) is 5.87. The number of carbonyl (C=O) groups is 2. The summed E-state index contributed by atoms with van der Waals surface area (Å²) in [4.78, 5) is 27.3. The number of hydrogen-bond donors (Lipinski definition) is 0. The van der Waals surface area contributed by atoms with E-state index in [-0.39, 0.29) is 17.7 Å². The number of methoxy groups -OCH3 is 1. The first-order valence-corrected chi connectivity index (χ1v) is 12.5. The standard InChI is InChI=1S/C29H22ClNO4S/c1-34-25-14-6-10-21(27(25)35-18-22-11-5-9-20-8-2-3-13-24(20)22)16-26-28(32)31(29(33)36-26)17-19-7-4-12-23(30)15-19/h2-16H,17-18H2,1H3/b26-16-. The summed E-state index contributed by atoms with van der Waals surface area (Å²) in [5.74, 6) is 0.699. The molecular weight excluding hydrogens is 494 g/mol. The van der Waals surface area contributed by atoms with E-state index in [9.17, 15) is 9.59 Å². The molecule has 1 aliphatic heterocycles. The van der Waals surface area contributed by atoms with Crippen LogP contribution >= 0.6 is 23.4 Å². The van der Waals surface area contributed by atoms with Gasteiger partial charge in [0.05, 0.1) is 18.6 Å². The van der Waals surface area contributed by atoms with Gasteiger partial charge in [0.1, 0.15) is 6.61 Å². The van der Waals surface area contributed by atoms with E-state index < -0.39 is 0 Å². The molecule has 5 nitrogen and oxygen atoms in total. The van der Waals surface area contributed by atoms with E-state index in [0.29, 0.717) is 33.6 Å². The molecule has 2 amide bonds. The van der Waals surface area contributed by atoms with Crippen molar-refractivity contribution in [3.8, 4) is 11.5 Å². The molecule has 0 radical (unpaired) electrons. The van der Waals surface area contributed by atoms with Crippen molar-refractivity contribution in [2.24, 2.45) is 0 Å². The molecule has 0 unspecified atom stereocenters. The summed E-state index contributed by atoms with van der Waals surface area (Å²) >= 11 is 6.97. The summed E-state index contributed by atoms with van der Waals surface area (Å²) in [5.41, 5.74) is 2.47. The number of para-hydroxylation sites is 1. The number of imide groups is 1. The van der Waals surface area contributed by atoms with Crippen LogP contribution in [0, 0.1) is 0 Å². The van der Waals surface area contributed by atoms with Gasteiger partial charge in [-0.2, -0.15) is 0 Å². The molecule has 180 valence electrons. The minimum Gasteiger partial charge on any atom is -0.493 e. The van der Waals surface area contributed by atoms with Gasteiger partial charge in [-0.15, -0.1) is 0 Å². The van der Waals surface area contributed by atoms with Crippen molar-refractivity contribution in [2.45, 2.75) is 13.2 Å². The van der Waals surface area contributed by atoms with Gasteiger partial charge >= 0.3 is 0 Å². The number of amides is 2. The first-order chi connectivity index (χ1) is 17.5. The number of benzene rings is 4. The van der Waals surface area contributed by atoms with Crippen molar-refractivity contribution >= 4 is 51.4 Å². The normalized spacial score (nSPS) is 14.6. The lowest BCUT2D eigenvalue weighted by atomic mass is 10.1. The maximum atomic E-state index is 13.1. The lowest BCUT2D eigenvalue weighted by Crippen LogP contribution is -2.27. The molecule has 1 aliphatic rings. The molecule has 4 aromatic rings. The predicted octanol–water partition coefficient (Wildman–Crippen LogP) is 7.32. The summed E-state index contributed by atoms with van der Waals surface area (Å²) in [6, 6.07) is 26.8. The maximum absolute atomic E-state index is 13.1. The highest BCUT2D eigenvalue weighted by Gasteiger charge is 2.35. The van der Waals surface area contributed by atoms with Gasteiger partial charge in [-0.3, -0.25) is 14.5 Å². The lowest BCUT2D eigenvalue weighted by molar-refractivity contribution is -0.123. The molecular formula is C29H22ClNO4S. The third-order valence-corrected chi connectivity index (χ3v) is 7.01. The second-order valence-electron chi connectivity index (χ2n) is 8.20. The fourth-order valence-corrected chi connectivity index (χ4v) is 5.17. The van der Waals surface area contributed by atoms with E-state index in [1.165, 1.54) is 4.90 Å². The van der Waals surface area contributed by atoms with Crippen molar-refractivity contribution < 1.29 is 19.1 Å². The number of ether oxygens (including phenoxy) is 2. The Morgan fingerprint density at radius 1 is 0.944 bits per heavy atom. The fourth-order valence-electron chi connectivity index (χ4n) is 4.13. The highest BCUT2D eigenvalue weighted by molar-refractivity contribution is 8.18. The number of thioether (sulfide) groups is 1. The highest BCUT2D eigenvalue weighted by atomic mass is 35.5. The Bertz CT molecular complexity index is 1490. The van der Waals surface area contributed by atoms with Gasteiger partial charge in [-0.05, 0) is 57.9 Å². The first-order valence-electron chi connectivity index (χ1n) is 11.3. The van der Waals surface area contributed by atoms with E-state index in [4.69, 9.17) is 21.1 Å². The molecule has 0 atom stereocenters. The van der Waals surface area contributed by atoms with Crippen LogP contribution in [0.4, 0.5) is 4.79 Å². The maximum Gasteiger partial charge on any atom is 0.293 e. The minimum absolute atomic E-state index is 0.158. The second kappa shape index (κ2) is 10.5. The van der Waals surface area contributed by atoms with Crippen LogP contribution < -0.4 is 9.47 Å². The first kappa shape index (κ1) is 24.0. The van der Waals surface area contributed by atoms with Crippen molar-refractivity contribution in [1.29, 1.82) is 0 Å². The highest BCUT2D eigenvalue weighted by Crippen LogP contribution is 2.38. The largest absolute Gasteiger partial charge is 0.493 e.